The molecule has 0 atom stereocenters. The molecule has 0 saturated heterocycles. The number of para-hydroxylation sites is 1. The lowest BCUT2D eigenvalue weighted by Gasteiger charge is -2.55. The Morgan fingerprint density at radius 2 is 1.65 bits per heavy atom. The molecule has 2 aromatic carbocycles. The maximum absolute atomic E-state index is 13.3. The van der Waals surface area contributed by atoms with Crippen molar-refractivity contribution < 1.29 is 22.7 Å². The highest BCUT2D eigenvalue weighted by molar-refractivity contribution is 7.90. The maximum atomic E-state index is 13.3. The molecule has 4 fully saturated rings. The number of rotatable bonds is 11. The van der Waals surface area contributed by atoms with Crippen molar-refractivity contribution in [1.29, 1.82) is 0 Å². The van der Waals surface area contributed by atoms with Crippen LogP contribution in [0, 0.1) is 37.0 Å². The van der Waals surface area contributed by atoms with Gasteiger partial charge in [0.25, 0.3) is 5.91 Å². The van der Waals surface area contributed by atoms with Gasteiger partial charge in [-0.2, -0.15) is 0 Å². The van der Waals surface area contributed by atoms with Gasteiger partial charge in [0.15, 0.2) is 0 Å². The van der Waals surface area contributed by atoms with Crippen LogP contribution >= 0.6 is 11.6 Å². The summed E-state index contributed by atoms with van der Waals surface area (Å²) in [6, 6.07) is 11.3. The van der Waals surface area contributed by atoms with Crippen molar-refractivity contribution in [2.45, 2.75) is 65.2 Å². The van der Waals surface area contributed by atoms with Gasteiger partial charge in [0.2, 0.25) is 15.9 Å². The third kappa shape index (κ3) is 6.29. The average Bonchev–Trinajstić information content (AvgIpc) is 3.31. The fourth-order valence-corrected chi connectivity index (χ4v) is 9.17. The van der Waals surface area contributed by atoms with Crippen molar-refractivity contribution >= 4 is 44.3 Å². The minimum atomic E-state index is -3.98. The van der Waals surface area contributed by atoms with E-state index in [9.17, 15) is 18.0 Å². The van der Waals surface area contributed by atoms with E-state index in [0.29, 0.717) is 37.2 Å². The lowest BCUT2D eigenvalue weighted by Crippen LogP contribution is -2.54. The number of aromatic nitrogens is 1. The number of carbonyl (C=O) groups is 2. The van der Waals surface area contributed by atoms with E-state index in [1.807, 2.05) is 50.2 Å². The van der Waals surface area contributed by atoms with Crippen LogP contribution in [0.1, 0.15) is 72.1 Å². The average molecular weight is 626 g/mol. The van der Waals surface area contributed by atoms with Crippen molar-refractivity contribution in [1.82, 2.24) is 15.0 Å². The van der Waals surface area contributed by atoms with E-state index in [0.717, 1.165) is 57.6 Å². The van der Waals surface area contributed by atoms with Crippen LogP contribution in [0.3, 0.4) is 0 Å². The number of hydrogen-bond donors (Lipinski definition) is 3. The Balaban J connectivity index is 1.06. The molecule has 8 nitrogen and oxygen atoms in total. The quantitative estimate of drug-likeness (QED) is 0.231. The summed E-state index contributed by atoms with van der Waals surface area (Å²) < 4.78 is 34.1. The van der Waals surface area contributed by atoms with Gasteiger partial charge in [-0.25, -0.2) is 13.1 Å². The first-order chi connectivity index (χ1) is 20.5. The molecule has 1 aromatic heterocycles. The highest BCUT2D eigenvalue weighted by Crippen LogP contribution is 2.60. The van der Waals surface area contributed by atoms with Gasteiger partial charge >= 0.3 is 0 Å². The second-order valence-corrected chi connectivity index (χ2v) is 15.3. The highest BCUT2D eigenvalue weighted by atomic mass is 35.5. The van der Waals surface area contributed by atoms with Gasteiger partial charge in [0.1, 0.15) is 11.4 Å². The molecule has 43 heavy (non-hydrogen) atoms. The number of ether oxygens (including phenoxy) is 1. The van der Waals surface area contributed by atoms with E-state index in [1.54, 1.807) is 0 Å². The van der Waals surface area contributed by atoms with E-state index in [4.69, 9.17) is 16.3 Å². The molecule has 4 aliphatic carbocycles. The van der Waals surface area contributed by atoms with Crippen molar-refractivity contribution in [2.75, 3.05) is 18.9 Å². The maximum Gasteiger partial charge on any atom is 0.281 e. The number of nitrogens with one attached hydrogen (secondary N) is 3. The van der Waals surface area contributed by atoms with Crippen LogP contribution in [0.5, 0.6) is 5.75 Å². The summed E-state index contributed by atoms with van der Waals surface area (Å²) in [4.78, 5) is 29.6. The van der Waals surface area contributed by atoms with E-state index in [2.05, 4.69) is 15.0 Å². The van der Waals surface area contributed by atoms with Gasteiger partial charge in [0.05, 0.1) is 12.4 Å². The zero-order chi connectivity index (χ0) is 30.4. The fraction of sp³-hybridized carbons (Fsp3) is 0.515. The molecule has 4 bridgehead atoms. The molecular weight excluding hydrogens is 586 g/mol. The zero-order valence-electron chi connectivity index (χ0n) is 24.8. The molecular formula is C33H40ClN3O5S. The number of halogens is 1. The molecule has 7 rings (SSSR count). The molecule has 0 spiro atoms. The van der Waals surface area contributed by atoms with Gasteiger partial charge in [-0.05, 0) is 118 Å². The SMILES string of the molecule is Cc1cc(OCCCc2c(C(=O)NS(=O)(=O)CCNC(=O)C34CC5CC(CC(C5)C3)C4)[nH]c3ccccc23)cc(C)c1Cl. The van der Waals surface area contributed by atoms with Crippen molar-refractivity contribution in [2.24, 2.45) is 23.2 Å². The van der Waals surface area contributed by atoms with Crippen LogP contribution in [0.2, 0.25) is 5.02 Å². The number of carbonyl (C=O) groups excluding carboxylic acids is 2. The summed E-state index contributed by atoms with van der Waals surface area (Å²) in [5, 5.41) is 4.49. The molecule has 0 radical (unpaired) electrons. The van der Waals surface area contributed by atoms with Crippen LogP contribution in [0.15, 0.2) is 36.4 Å². The second-order valence-electron chi connectivity index (χ2n) is 13.1. The van der Waals surface area contributed by atoms with Gasteiger partial charge in [-0.15, -0.1) is 0 Å². The van der Waals surface area contributed by atoms with E-state index in [1.165, 1.54) is 19.3 Å². The Labute approximate surface area is 258 Å². The summed E-state index contributed by atoms with van der Waals surface area (Å²) in [6.45, 7) is 4.26. The lowest BCUT2D eigenvalue weighted by molar-refractivity contribution is -0.146. The first-order valence-corrected chi connectivity index (χ1v) is 17.4. The predicted molar refractivity (Wildman–Crippen MR) is 168 cm³/mol. The van der Waals surface area contributed by atoms with Gasteiger partial charge in [-0.3, -0.25) is 9.59 Å². The second kappa shape index (κ2) is 11.8. The van der Waals surface area contributed by atoms with Crippen LogP contribution in [0.25, 0.3) is 10.9 Å². The van der Waals surface area contributed by atoms with E-state index >= 15 is 0 Å². The van der Waals surface area contributed by atoms with Gasteiger partial charge in [-0.1, -0.05) is 29.8 Å². The summed E-state index contributed by atoms with van der Waals surface area (Å²) in [5.41, 5.74) is 3.27. The van der Waals surface area contributed by atoms with Gasteiger partial charge < -0.3 is 15.0 Å². The van der Waals surface area contributed by atoms with Crippen molar-refractivity contribution in [3.05, 3.63) is 63.8 Å². The standard InChI is InChI=1S/C33H40ClN3O5S/c1-20-12-25(13-21(2)29(20)34)42-10-5-7-27-26-6-3-4-8-28(26)36-30(27)31(38)37-43(40,41)11-9-35-32(39)33-17-22-14-23(18-33)16-24(15-22)19-33/h3-4,6,8,12-13,22-24,36H,5,7,9-11,14-19H2,1-2H3,(H,35,39)(H,37,38). The first kappa shape index (κ1) is 30.0. The van der Waals surface area contributed by atoms with Crippen LogP contribution < -0.4 is 14.8 Å². The molecule has 4 saturated carbocycles. The third-order valence-corrected chi connectivity index (χ3v) is 11.5. The van der Waals surface area contributed by atoms with Crippen LogP contribution in [-0.4, -0.2) is 44.1 Å². The predicted octanol–water partition coefficient (Wildman–Crippen LogP) is 5.84. The van der Waals surface area contributed by atoms with E-state index in [-0.39, 0.29) is 29.3 Å². The Morgan fingerprint density at radius 3 is 2.30 bits per heavy atom. The molecule has 4 aliphatic rings. The number of hydrogen-bond acceptors (Lipinski definition) is 5. The Kier molecular flexibility index (Phi) is 8.24. The number of amides is 2. The summed E-state index contributed by atoms with van der Waals surface area (Å²) in [7, 11) is -3.98. The van der Waals surface area contributed by atoms with Crippen LogP contribution in [-0.2, 0) is 21.2 Å². The Morgan fingerprint density at radius 1 is 1.02 bits per heavy atom. The lowest BCUT2D eigenvalue weighted by atomic mass is 9.49. The summed E-state index contributed by atoms with van der Waals surface area (Å²) in [5.74, 6) is 1.53. The molecule has 0 aliphatic heterocycles. The number of aromatic amines is 1. The zero-order valence-corrected chi connectivity index (χ0v) is 26.4. The van der Waals surface area contributed by atoms with Gasteiger partial charge in [0, 0.05) is 27.9 Å². The van der Waals surface area contributed by atoms with Crippen LogP contribution in [0.4, 0.5) is 0 Å². The monoisotopic (exact) mass is 625 g/mol. The minimum Gasteiger partial charge on any atom is -0.494 e. The highest BCUT2D eigenvalue weighted by Gasteiger charge is 2.54. The molecule has 3 aromatic rings. The number of H-pyrrole nitrogens is 1. The molecule has 230 valence electrons. The molecule has 3 N–H and O–H groups in total. The number of fused-ring (bicyclic) bond motifs is 1. The third-order valence-electron chi connectivity index (χ3n) is 9.71. The van der Waals surface area contributed by atoms with Crippen molar-refractivity contribution in [3.8, 4) is 5.75 Å². The first-order valence-electron chi connectivity index (χ1n) is 15.3. The molecule has 1 heterocycles. The topological polar surface area (TPSA) is 117 Å². The molecule has 10 heteroatoms. The largest absolute Gasteiger partial charge is 0.494 e. The Hall–Kier alpha value is -3.04. The summed E-state index contributed by atoms with van der Waals surface area (Å²) in [6.07, 6.45) is 7.59. The molecule has 0 unspecified atom stereocenters. The van der Waals surface area contributed by atoms with E-state index < -0.39 is 15.9 Å². The number of sulfonamides is 1. The summed E-state index contributed by atoms with van der Waals surface area (Å²) >= 11 is 6.27. The molecule has 2 amide bonds. The smallest absolute Gasteiger partial charge is 0.281 e. The minimum absolute atomic E-state index is 0.0165. The fourth-order valence-electron chi connectivity index (χ4n) is 8.20. The number of aryl methyl sites for hydroxylation is 3. The normalized spacial score (nSPS) is 24.3. The number of benzene rings is 2. The Bertz CT molecular complexity index is 1610. The van der Waals surface area contributed by atoms with Crippen molar-refractivity contribution in [3.63, 3.8) is 0 Å².